The number of piperidine rings is 1. The number of hydrogen-bond acceptors (Lipinski definition) is 3. The number of carbonyl (C=O) groups is 1. The molecule has 2 aliphatic heterocycles. The van der Waals surface area contributed by atoms with Crippen molar-refractivity contribution in [1.82, 2.24) is 10.2 Å². The Morgan fingerprint density at radius 3 is 2.35 bits per heavy atom. The first kappa shape index (κ1) is 15.0. The van der Waals surface area contributed by atoms with Crippen LogP contribution in [0.15, 0.2) is 18.2 Å². The smallest absolute Gasteiger partial charge is 0.257 e. The van der Waals surface area contributed by atoms with Crippen molar-refractivity contribution in [3.8, 4) is 0 Å². The summed E-state index contributed by atoms with van der Waals surface area (Å²) < 4.78 is 33.4. The summed E-state index contributed by atoms with van der Waals surface area (Å²) in [7, 11) is 0. The van der Waals surface area contributed by atoms with E-state index in [0.717, 1.165) is 50.9 Å². The maximum Gasteiger partial charge on any atom is 0.257 e. The molecule has 0 unspecified atom stereocenters. The van der Waals surface area contributed by atoms with Crippen LogP contribution in [-0.2, 0) is 4.74 Å². The number of rotatable bonds is 1. The van der Waals surface area contributed by atoms with Gasteiger partial charge in [-0.15, -0.1) is 0 Å². The highest BCUT2D eigenvalue weighted by Gasteiger charge is 2.56. The van der Waals surface area contributed by atoms with E-state index in [9.17, 15) is 13.6 Å². The molecule has 124 valence electrons. The van der Waals surface area contributed by atoms with Crippen LogP contribution in [0, 0.1) is 11.6 Å². The van der Waals surface area contributed by atoms with Gasteiger partial charge in [-0.2, -0.15) is 0 Å². The van der Waals surface area contributed by atoms with Crippen molar-refractivity contribution in [2.24, 2.45) is 0 Å². The summed E-state index contributed by atoms with van der Waals surface area (Å²) in [5.41, 5.74) is -0.637. The zero-order valence-corrected chi connectivity index (χ0v) is 12.9. The van der Waals surface area contributed by atoms with Crippen LogP contribution in [0.2, 0.25) is 0 Å². The van der Waals surface area contributed by atoms with Gasteiger partial charge in [0, 0.05) is 6.07 Å². The van der Waals surface area contributed by atoms with Gasteiger partial charge in [0.05, 0.1) is 29.9 Å². The summed E-state index contributed by atoms with van der Waals surface area (Å²) in [5, 5.41) is 3.31. The third-order valence-corrected chi connectivity index (χ3v) is 5.16. The van der Waals surface area contributed by atoms with Crippen LogP contribution in [0.1, 0.15) is 36.0 Å². The molecule has 0 aromatic heterocycles. The molecule has 1 aliphatic carbocycles. The van der Waals surface area contributed by atoms with Gasteiger partial charge in [-0.1, -0.05) is 0 Å². The number of carbonyl (C=O) groups excluding carboxylic acids is 1. The van der Waals surface area contributed by atoms with E-state index in [1.165, 1.54) is 6.07 Å². The van der Waals surface area contributed by atoms with Crippen molar-refractivity contribution in [3.05, 3.63) is 35.4 Å². The highest BCUT2D eigenvalue weighted by atomic mass is 19.1. The van der Waals surface area contributed by atoms with Crippen LogP contribution in [0.4, 0.5) is 8.78 Å². The molecule has 3 aliphatic rings. The van der Waals surface area contributed by atoms with Crippen LogP contribution in [-0.4, -0.2) is 48.2 Å². The minimum absolute atomic E-state index is 0.0619. The molecule has 3 fully saturated rings. The average molecular weight is 322 g/mol. The van der Waals surface area contributed by atoms with E-state index in [4.69, 9.17) is 4.74 Å². The molecule has 0 radical (unpaired) electrons. The third-order valence-electron chi connectivity index (χ3n) is 5.16. The molecule has 6 heteroatoms. The van der Waals surface area contributed by atoms with Crippen molar-refractivity contribution >= 4 is 5.91 Å². The van der Waals surface area contributed by atoms with Gasteiger partial charge < -0.3 is 15.0 Å². The summed E-state index contributed by atoms with van der Waals surface area (Å²) in [4.78, 5) is 14.5. The van der Waals surface area contributed by atoms with Gasteiger partial charge >= 0.3 is 0 Å². The van der Waals surface area contributed by atoms with Crippen LogP contribution < -0.4 is 5.32 Å². The molecule has 2 spiro atoms. The molecule has 1 N–H and O–H groups in total. The number of nitrogens with one attached hydrogen (secondary N) is 1. The Balaban J connectivity index is 1.61. The first-order valence-electron chi connectivity index (χ1n) is 8.16. The third kappa shape index (κ3) is 2.74. The molecule has 1 aromatic carbocycles. The molecule has 2 heterocycles. The Labute approximate surface area is 133 Å². The van der Waals surface area contributed by atoms with Crippen molar-refractivity contribution in [2.75, 3.05) is 26.2 Å². The molecule has 1 amide bonds. The number of benzene rings is 1. The summed E-state index contributed by atoms with van der Waals surface area (Å²) in [6.45, 7) is 2.70. The lowest BCUT2D eigenvalue weighted by Gasteiger charge is -2.49. The molecule has 23 heavy (non-hydrogen) atoms. The lowest BCUT2D eigenvalue weighted by molar-refractivity contribution is -0.170. The summed E-state index contributed by atoms with van der Waals surface area (Å²) >= 11 is 0. The van der Waals surface area contributed by atoms with Crippen LogP contribution in [0.5, 0.6) is 0 Å². The minimum Gasteiger partial charge on any atom is -0.365 e. The number of halogens is 2. The maximum absolute atomic E-state index is 14.0. The Kier molecular flexibility index (Phi) is 3.43. The van der Waals surface area contributed by atoms with Gasteiger partial charge in [-0.25, -0.2) is 8.78 Å². The Morgan fingerprint density at radius 2 is 1.74 bits per heavy atom. The molecule has 4 rings (SSSR count). The highest BCUT2D eigenvalue weighted by molar-refractivity contribution is 5.94. The van der Waals surface area contributed by atoms with E-state index in [2.05, 4.69) is 5.32 Å². The summed E-state index contributed by atoms with van der Waals surface area (Å²) in [6, 6.07) is 3.13. The SMILES string of the molecule is O=C(c1ccc(F)cc1F)N1CC2(CCNCC2)OC2(CC2)C1. The van der Waals surface area contributed by atoms with E-state index in [1.54, 1.807) is 4.90 Å². The number of morpholine rings is 1. The first-order chi connectivity index (χ1) is 11.0. The lowest BCUT2D eigenvalue weighted by Crippen LogP contribution is -2.61. The molecule has 1 saturated carbocycles. The van der Waals surface area contributed by atoms with Crippen molar-refractivity contribution in [1.29, 1.82) is 0 Å². The first-order valence-corrected chi connectivity index (χ1v) is 8.16. The fourth-order valence-electron chi connectivity index (χ4n) is 3.79. The fourth-order valence-corrected chi connectivity index (χ4v) is 3.79. The number of hydrogen-bond donors (Lipinski definition) is 1. The molecule has 2 saturated heterocycles. The quantitative estimate of drug-likeness (QED) is 0.861. The number of ether oxygens (including phenoxy) is 1. The van der Waals surface area contributed by atoms with Gasteiger partial charge in [0.15, 0.2) is 0 Å². The normalized spacial score (nSPS) is 24.9. The average Bonchev–Trinajstić information content (AvgIpc) is 3.25. The largest absolute Gasteiger partial charge is 0.365 e. The Hall–Kier alpha value is -1.53. The second-order valence-electron chi connectivity index (χ2n) is 7.00. The van der Waals surface area contributed by atoms with Gasteiger partial charge in [-0.3, -0.25) is 4.79 Å². The lowest BCUT2D eigenvalue weighted by atomic mass is 9.88. The predicted octanol–water partition coefficient (Wildman–Crippen LogP) is 2.09. The topological polar surface area (TPSA) is 41.6 Å². The van der Waals surface area contributed by atoms with E-state index < -0.39 is 11.6 Å². The monoisotopic (exact) mass is 322 g/mol. The second-order valence-corrected chi connectivity index (χ2v) is 7.00. The number of nitrogens with zero attached hydrogens (tertiary/aromatic N) is 1. The van der Waals surface area contributed by atoms with Crippen molar-refractivity contribution in [2.45, 2.75) is 36.9 Å². The zero-order chi connectivity index (χ0) is 16.1. The van der Waals surface area contributed by atoms with E-state index >= 15 is 0 Å². The standard InChI is InChI=1S/C17H20F2N2O2/c18-12-1-2-13(14(19)9-12)15(22)21-10-16(3-4-16)23-17(11-21)5-7-20-8-6-17/h1-2,9,20H,3-8,10-11H2. The van der Waals surface area contributed by atoms with Gasteiger partial charge in [0.25, 0.3) is 5.91 Å². The zero-order valence-electron chi connectivity index (χ0n) is 12.9. The van der Waals surface area contributed by atoms with Crippen molar-refractivity contribution < 1.29 is 18.3 Å². The molecule has 0 atom stereocenters. The van der Waals surface area contributed by atoms with E-state index in [-0.39, 0.29) is 22.7 Å². The van der Waals surface area contributed by atoms with Gasteiger partial charge in [0.2, 0.25) is 0 Å². The predicted molar refractivity (Wildman–Crippen MR) is 80.1 cm³/mol. The van der Waals surface area contributed by atoms with Gasteiger partial charge in [0.1, 0.15) is 11.6 Å². The molecule has 1 aromatic rings. The van der Waals surface area contributed by atoms with Crippen LogP contribution >= 0.6 is 0 Å². The Morgan fingerprint density at radius 1 is 1.09 bits per heavy atom. The molecule has 0 bridgehead atoms. The summed E-state index contributed by atoms with van der Waals surface area (Å²) in [6.07, 6.45) is 3.59. The maximum atomic E-state index is 14.0. The fraction of sp³-hybridized carbons (Fsp3) is 0.588. The molecular weight excluding hydrogens is 302 g/mol. The van der Waals surface area contributed by atoms with Gasteiger partial charge in [-0.05, 0) is 50.9 Å². The minimum atomic E-state index is -0.800. The van der Waals surface area contributed by atoms with Crippen LogP contribution in [0.25, 0.3) is 0 Å². The van der Waals surface area contributed by atoms with Crippen molar-refractivity contribution in [3.63, 3.8) is 0 Å². The van der Waals surface area contributed by atoms with Crippen LogP contribution in [0.3, 0.4) is 0 Å². The van der Waals surface area contributed by atoms with E-state index in [1.807, 2.05) is 0 Å². The van der Waals surface area contributed by atoms with E-state index in [0.29, 0.717) is 13.1 Å². The highest BCUT2D eigenvalue weighted by Crippen LogP contribution is 2.48. The number of amides is 1. The molecule has 4 nitrogen and oxygen atoms in total. The second kappa shape index (κ2) is 5.24. The summed E-state index contributed by atoms with van der Waals surface area (Å²) in [5.74, 6) is -1.84. The molecular formula is C17H20F2N2O2. The Bertz CT molecular complexity index is 639.